The number of aromatic nitrogens is 1. The van der Waals surface area contributed by atoms with E-state index in [2.05, 4.69) is 15.6 Å². The summed E-state index contributed by atoms with van der Waals surface area (Å²) in [5, 5.41) is 4.43. The van der Waals surface area contributed by atoms with Gasteiger partial charge in [0.1, 0.15) is 28.0 Å². The number of hydrogen-bond acceptors (Lipinski definition) is 11. The predicted octanol–water partition coefficient (Wildman–Crippen LogP) is 5.00. The molecule has 2 aliphatic heterocycles. The number of esters is 1. The van der Waals surface area contributed by atoms with Gasteiger partial charge in [0.15, 0.2) is 17.6 Å². The number of carbonyl (C=O) groups is 4. The molecule has 15 heteroatoms. The van der Waals surface area contributed by atoms with Crippen molar-refractivity contribution in [2.75, 3.05) is 5.75 Å². The minimum atomic E-state index is -4.49. The summed E-state index contributed by atoms with van der Waals surface area (Å²) in [5.74, 6) is -2.95. The first-order valence-electron chi connectivity index (χ1n) is 16.5. The highest BCUT2D eigenvalue weighted by Crippen LogP contribution is 2.43. The Morgan fingerprint density at radius 3 is 2.00 bits per heavy atom. The first kappa shape index (κ1) is 37.1. The zero-order valence-electron chi connectivity index (χ0n) is 28.9. The molecule has 1 aromatic heterocycles. The Balaban J connectivity index is 1.31. The van der Waals surface area contributed by atoms with Crippen LogP contribution >= 0.6 is 11.8 Å². The lowest BCUT2D eigenvalue weighted by atomic mass is 10.0. The molecule has 3 amide bonds. The second-order valence-electron chi connectivity index (χ2n) is 13.0. The van der Waals surface area contributed by atoms with E-state index in [1.807, 2.05) is 12.1 Å². The number of fused-ring (bicyclic) bond motifs is 1. The van der Waals surface area contributed by atoms with Crippen LogP contribution in [-0.4, -0.2) is 64.9 Å². The summed E-state index contributed by atoms with van der Waals surface area (Å²) in [6.07, 6.45) is 0.723. The fourth-order valence-corrected chi connectivity index (χ4v) is 7.94. The average Bonchev–Trinajstić information content (AvgIpc) is 3.15. The van der Waals surface area contributed by atoms with Crippen molar-refractivity contribution in [2.45, 2.75) is 54.8 Å². The standard InChI is InChI=1S/C38H36N4O9S2/c1-38(2,3)50-37(46)41-29(24-14-7-4-8-15-24)33(43)40-30-34(44)42-31(28(23-52-35(30)42)51-53(47,48)27-20-13-21-39-22-27)36(45)49-32(25-16-9-5-10-17-25)26-18-11-6-12-19-26/h4-22,29-30,32,35H,23H2,1-3H3,(H,40,43)(H,41,46)/t29?,30?,35-/m0/s1. The van der Waals surface area contributed by atoms with Crippen LogP contribution in [0.1, 0.15) is 49.6 Å². The maximum Gasteiger partial charge on any atom is 0.408 e. The molecule has 2 N–H and O–H groups in total. The van der Waals surface area contributed by atoms with Gasteiger partial charge in [-0.25, -0.2) is 9.59 Å². The van der Waals surface area contributed by atoms with Crippen LogP contribution < -0.4 is 10.6 Å². The van der Waals surface area contributed by atoms with Gasteiger partial charge in [-0.1, -0.05) is 91.0 Å². The Morgan fingerprint density at radius 1 is 0.868 bits per heavy atom. The molecule has 0 radical (unpaired) electrons. The van der Waals surface area contributed by atoms with Crippen molar-refractivity contribution in [3.05, 3.63) is 144 Å². The second kappa shape index (κ2) is 15.5. The Kier molecular flexibility index (Phi) is 10.9. The number of pyridine rings is 1. The average molecular weight is 757 g/mol. The number of alkyl carbamates (subject to hydrolysis) is 1. The molecule has 1 saturated heterocycles. The lowest BCUT2D eigenvalue weighted by Crippen LogP contribution is -2.71. The monoisotopic (exact) mass is 756 g/mol. The molecule has 3 aromatic carbocycles. The number of ether oxygens (including phenoxy) is 2. The molecule has 6 rings (SSSR count). The van der Waals surface area contributed by atoms with Crippen molar-refractivity contribution in [3.8, 4) is 0 Å². The van der Waals surface area contributed by atoms with Crippen molar-refractivity contribution in [1.29, 1.82) is 0 Å². The highest BCUT2D eigenvalue weighted by molar-refractivity contribution is 8.00. The van der Waals surface area contributed by atoms with Gasteiger partial charge in [0.2, 0.25) is 5.91 Å². The Hall–Kier alpha value is -5.67. The summed E-state index contributed by atoms with van der Waals surface area (Å²) in [6, 6.07) is 26.6. The van der Waals surface area contributed by atoms with E-state index in [1.54, 1.807) is 99.6 Å². The zero-order valence-corrected chi connectivity index (χ0v) is 30.5. The molecule has 2 unspecified atom stereocenters. The maximum absolute atomic E-state index is 14.3. The van der Waals surface area contributed by atoms with Gasteiger partial charge in [-0.2, -0.15) is 8.42 Å². The van der Waals surface area contributed by atoms with Gasteiger partial charge in [-0.3, -0.25) is 19.5 Å². The molecule has 1 fully saturated rings. The summed E-state index contributed by atoms with van der Waals surface area (Å²) < 4.78 is 43.7. The van der Waals surface area contributed by atoms with Crippen molar-refractivity contribution in [1.82, 2.24) is 20.5 Å². The lowest BCUT2D eigenvalue weighted by Gasteiger charge is -2.49. The predicted molar refractivity (Wildman–Crippen MR) is 194 cm³/mol. The summed E-state index contributed by atoms with van der Waals surface area (Å²) in [7, 11) is -4.49. The minimum Gasteiger partial charge on any atom is -0.448 e. The molecule has 0 spiro atoms. The first-order valence-corrected chi connectivity index (χ1v) is 19.0. The van der Waals surface area contributed by atoms with Crippen molar-refractivity contribution in [3.63, 3.8) is 0 Å². The molecule has 274 valence electrons. The highest BCUT2D eigenvalue weighted by Gasteiger charge is 2.56. The van der Waals surface area contributed by atoms with Crippen LogP contribution in [0.25, 0.3) is 0 Å². The van der Waals surface area contributed by atoms with E-state index in [1.165, 1.54) is 18.3 Å². The van der Waals surface area contributed by atoms with Gasteiger partial charge in [-0.05, 0) is 49.6 Å². The summed E-state index contributed by atoms with van der Waals surface area (Å²) in [5.41, 5.74) is 0.435. The molecule has 13 nitrogen and oxygen atoms in total. The normalized spacial score (nSPS) is 17.6. The number of benzene rings is 3. The van der Waals surface area contributed by atoms with E-state index in [0.717, 1.165) is 22.9 Å². The topological polar surface area (TPSA) is 170 Å². The molecule has 0 aliphatic carbocycles. The molecule has 3 heterocycles. The zero-order chi connectivity index (χ0) is 37.8. The molecule has 2 aliphatic rings. The van der Waals surface area contributed by atoms with Crippen LogP contribution in [0.3, 0.4) is 0 Å². The molecule has 53 heavy (non-hydrogen) atoms. The van der Waals surface area contributed by atoms with Crippen LogP contribution in [0.4, 0.5) is 4.79 Å². The third-order valence-corrected chi connectivity index (χ3v) is 10.5. The molecule has 0 saturated carbocycles. The van der Waals surface area contributed by atoms with Crippen LogP contribution in [0.5, 0.6) is 0 Å². The highest BCUT2D eigenvalue weighted by atomic mass is 32.2. The van der Waals surface area contributed by atoms with Crippen LogP contribution in [0, 0.1) is 0 Å². The van der Waals surface area contributed by atoms with Crippen molar-refractivity contribution in [2.24, 2.45) is 0 Å². The molecule has 4 aromatic rings. The van der Waals surface area contributed by atoms with Gasteiger partial charge in [0.05, 0.1) is 5.75 Å². The smallest absolute Gasteiger partial charge is 0.408 e. The Morgan fingerprint density at radius 2 is 1.45 bits per heavy atom. The van der Waals surface area contributed by atoms with Crippen molar-refractivity contribution < 1.29 is 41.3 Å². The van der Waals surface area contributed by atoms with E-state index in [9.17, 15) is 27.6 Å². The van der Waals surface area contributed by atoms with E-state index in [4.69, 9.17) is 13.7 Å². The molecule has 0 bridgehead atoms. The SMILES string of the molecule is CC(C)(C)OC(=O)NC(C(=O)NC1C(=O)N2C(C(=O)OC(c3ccccc3)c3ccccc3)=C(OS(=O)(=O)c3cccnc3)CS[C@@H]12)c1ccccc1. The number of carbonyl (C=O) groups excluding carboxylic acids is 4. The Labute approximate surface area is 310 Å². The van der Waals surface area contributed by atoms with Crippen LogP contribution in [0.15, 0.2) is 132 Å². The quantitative estimate of drug-likeness (QED) is 0.120. The largest absolute Gasteiger partial charge is 0.448 e. The number of amides is 3. The third-order valence-electron chi connectivity index (χ3n) is 8.04. The van der Waals surface area contributed by atoms with E-state index in [0.29, 0.717) is 16.7 Å². The number of hydrogen-bond donors (Lipinski definition) is 2. The number of β-lactam (4-membered cyclic amide) rings is 1. The van der Waals surface area contributed by atoms with Gasteiger partial charge in [0.25, 0.3) is 5.91 Å². The fraction of sp³-hybridized carbons (Fsp3) is 0.237. The number of nitrogens with zero attached hydrogens (tertiary/aromatic N) is 2. The second-order valence-corrected chi connectivity index (χ2v) is 15.6. The van der Waals surface area contributed by atoms with E-state index >= 15 is 0 Å². The summed E-state index contributed by atoms with van der Waals surface area (Å²) >= 11 is 1.08. The van der Waals surface area contributed by atoms with Gasteiger partial charge in [-0.15, -0.1) is 11.8 Å². The van der Waals surface area contributed by atoms with Crippen LogP contribution in [-0.2, 0) is 38.2 Å². The fourth-order valence-electron chi connectivity index (χ4n) is 5.68. The molecule has 3 atom stereocenters. The third kappa shape index (κ3) is 8.53. The first-order chi connectivity index (χ1) is 25.3. The van der Waals surface area contributed by atoms with Crippen molar-refractivity contribution >= 4 is 45.8 Å². The summed E-state index contributed by atoms with van der Waals surface area (Å²) in [6.45, 7) is 5.05. The van der Waals surface area contributed by atoms with Crippen LogP contribution in [0.2, 0.25) is 0 Å². The van der Waals surface area contributed by atoms with Gasteiger partial charge >= 0.3 is 22.2 Å². The van der Waals surface area contributed by atoms with Gasteiger partial charge in [0, 0.05) is 12.4 Å². The minimum absolute atomic E-state index is 0.176. The number of thioether (sulfide) groups is 1. The number of nitrogens with one attached hydrogen (secondary N) is 2. The molecular weight excluding hydrogens is 721 g/mol. The van der Waals surface area contributed by atoms with E-state index in [-0.39, 0.29) is 16.4 Å². The maximum atomic E-state index is 14.3. The lowest BCUT2D eigenvalue weighted by molar-refractivity contribution is -0.155. The molecular formula is C38H36N4O9S2. The summed E-state index contributed by atoms with van der Waals surface area (Å²) in [4.78, 5) is 59.4. The Bertz CT molecular complexity index is 2070. The van der Waals surface area contributed by atoms with Gasteiger partial charge < -0.3 is 24.3 Å². The van der Waals surface area contributed by atoms with E-state index < -0.39 is 68.9 Å². The number of rotatable bonds is 11.